The van der Waals surface area contributed by atoms with Gasteiger partial charge < -0.3 is 9.42 Å². The molecule has 3 heterocycles. The number of aryl methyl sites for hydroxylation is 2. The number of likely N-dealkylation sites (tertiary alicyclic amines) is 1. The molecule has 1 atom stereocenters. The molecule has 1 saturated heterocycles. The number of carbonyl (C=O) groups excluding carboxylic acids is 1. The first-order valence-electron chi connectivity index (χ1n) is 10.4. The van der Waals surface area contributed by atoms with E-state index in [0.29, 0.717) is 34.5 Å². The number of carbonyl (C=O) groups is 1. The molecule has 0 bridgehead atoms. The molecule has 2 aromatic carbocycles. The summed E-state index contributed by atoms with van der Waals surface area (Å²) in [7, 11) is 0. The van der Waals surface area contributed by atoms with Crippen molar-refractivity contribution < 1.29 is 9.32 Å². The topological polar surface area (TPSA) is 89.9 Å². The van der Waals surface area contributed by atoms with Gasteiger partial charge in [-0.1, -0.05) is 34.5 Å². The molecular weight excluding hydrogens is 428 g/mol. The van der Waals surface area contributed by atoms with Gasteiger partial charge in [0.25, 0.3) is 11.8 Å². The molecule has 1 unspecified atom stereocenters. The molecule has 32 heavy (non-hydrogen) atoms. The predicted octanol–water partition coefficient (Wildman–Crippen LogP) is 4.56. The van der Waals surface area contributed by atoms with Crippen molar-refractivity contribution in [2.24, 2.45) is 0 Å². The van der Waals surface area contributed by atoms with Crippen LogP contribution in [0.2, 0.25) is 5.02 Å². The van der Waals surface area contributed by atoms with Crippen molar-refractivity contribution in [1.29, 1.82) is 0 Å². The van der Waals surface area contributed by atoms with Crippen molar-refractivity contribution in [3.8, 4) is 17.1 Å². The van der Waals surface area contributed by atoms with E-state index in [1.165, 1.54) is 4.80 Å². The van der Waals surface area contributed by atoms with Crippen molar-refractivity contribution in [3.63, 3.8) is 0 Å². The predicted molar refractivity (Wildman–Crippen MR) is 119 cm³/mol. The van der Waals surface area contributed by atoms with E-state index in [1.807, 2.05) is 32.0 Å². The summed E-state index contributed by atoms with van der Waals surface area (Å²) in [6.07, 6.45) is 4.73. The molecule has 0 spiro atoms. The van der Waals surface area contributed by atoms with E-state index in [2.05, 4.69) is 20.3 Å². The van der Waals surface area contributed by atoms with Crippen LogP contribution in [0.25, 0.3) is 17.1 Å². The van der Waals surface area contributed by atoms with Gasteiger partial charge in [-0.15, -0.1) is 0 Å². The zero-order valence-corrected chi connectivity index (χ0v) is 18.5. The summed E-state index contributed by atoms with van der Waals surface area (Å²) in [5.41, 5.74) is 4.07. The van der Waals surface area contributed by atoms with Gasteiger partial charge >= 0.3 is 0 Å². The summed E-state index contributed by atoms with van der Waals surface area (Å²) in [6.45, 7) is 4.62. The number of benzene rings is 2. The van der Waals surface area contributed by atoms with Crippen LogP contribution in [0.4, 0.5) is 0 Å². The van der Waals surface area contributed by atoms with Gasteiger partial charge in [-0.3, -0.25) is 4.79 Å². The standard InChI is InChI=1S/C23H21ClN6O2/c1-14-5-6-15(2)17(12-14)22-27-21(28-32-22)20-4-3-11-29(20)23(31)18-13-16(24)7-8-19(18)30-25-9-10-26-30/h5-10,12-13,20H,3-4,11H2,1-2H3. The highest BCUT2D eigenvalue weighted by molar-refractivity contribution is 6.31. The molecule has 0 radical (unpaired) electrons. The van der Waals surface area contributed by atoms with Gasteiger partial charge in [0, 0.05) is 17.1 Å². The van der Waals surface area contributed by atoms with Crippen LogP contribution in [-0.2, 0) is 0 Å². The zero-order chi connectivity index (χ0) is 22.2. The fourth-order valence-electron chi connectivity index (χ4n) is 4.07. The average molecular weight is 449 g/mol. The number of halogens is 1. The van der Waals surface area contributed by atoms with Crippen LogP contribution in [0.1, 0.15) is 46.2 Å². The largest absolute Gasteiger partial charge is 0.334 e. The first kappa shape index (κ1) is 20.4. The van der Waals surface area contributed by atoms with Gasteiger partial charge in [0.1, 0.15) is 0 Å². The Kier molecular flexibility index (Phi) is 5.22. The van der Waals surface area contributed by atoms with Crippen LogP contribution < -0.4 is 0 Å². The molecule has 5 rings (SSSR count). The first-order chi connectivity index (χ1) is 15.5. The van der Waals surface area contributed by atoms with Crippen molar-refractivity contribution in [2.45, 2.75) is 32.7 Å². The molecule has 1 amide bonds. The van der Waals surface area contributed by atoms with Crippen LogP contribution in [0.3, 0.4) is 0 Å². The Morgan fingerprint density at radius 1 is 1.12 bits per heavy atom. The molecule has 1 aliphatic heterocycles. The maximum atomic E-state index is 13.6. The fourth-order valence-corrected chi connectivity index (χ4v) is 4.25. The minimum atomic E-state index is -0.275. The Hall–Kier alpha value is -3.52. The van der Waals surface area contributed by atoms with Gasteiger partial charge in [-0.25, -0.2) is 0 Å². The first-order valence-corrected chi connectivity index (χ1v) is 10.8. The summed E-state index contributed by atoms with van der Waals surface area (Å²) in [5.74, 6) is 0.803. The summed E-state index contributed by atoms with van der Waals surface area (Å²) < 4.78 is 5.59. The maximum Gasteiger partial charge on any atom is 0.258 e. The average Bonchev–Trinajstić information content (AvgIpc) is 3.55. The van der Waals surface area contributed by atoms with Crippen LogP contribution in [0.5, 0.6) is 0 Å². The van der Waals surface area contributed by atoms with Crippen LogP contribution in [0, 0.1) is 13.8 Å². The Labute approximate surface area is 189 Å². The highest BCUT2D eigenvalue weighted by Crippen LogP contribution is 2.34. The number of hydrogen-bond donors (Lipinski definition) is 0. The fraction of sp³-hybridized carbons (Fsp3) is 0.261. The third-order valence-corrected chi connectivity index (χ3v) is 5.94. The Balaban J connectivity index is 1.48. The van der Waals surface area contributed by atoms with Gasteiger partial charge in [0.15, 0.2) is 5.82 Å². The third kappa shape index (κ3) is 3.67. The van der Waals surface area contributed by atoms with E-state index in [9.17, 15) is 4.79 Å². The Morgan fingerprint density at radius 2 is 1.94 bits per heavy atom. The van der Waals surface area contributed by atoms with E-state index in [4.69, 9.17) is 16.1 Å². The SMILES string of the molecule is Cc1ccc(C)c(-c2nc(C3CCCN3C(=O)c3cc(Cl)ccc3-n3nccn3)no2)c1. The lowest BCUT2D eigenvalue weighted by molar-refractivity contribution is 0.0728. The van der Waals surface area contributed by atoms with E-state index in [1.54, 1.807) is 35.5 Å². The lowest BCUT2D eigenvalue weighted by Crippen LogP contribution is -2.32. The minimum absolute atomic E-state index is 0.166. The van der Waals surface area contributed by atoms with Crippen LogP contribution in [-0.4, -0.2) is 42.5 Å². The van der Waals surface area contributed by atoms with Crippen molar-refractivity contribution in [2.75, 3.05) is 6.54 Å². The lowest BCUT2D eigenvalue weighted by Gasteiger charge is -2.23. The molecule has 4 aromatic rings. The smallest absolute Gasteiger partial charge is 0.258 e. The summed E-state index contributed by atoms with van der Waals surface area (Å²) in [5, 5.41) is 13.0. The number of nitrogens with zero attached hydrogens (tertiary/aromatic N) is 6. The third-order valence-electron chi connectivity index (χ3n) is 5.70. The van der Waals surface area contributed by atoms with Crippen molar-refractivity contribution >= 4 is 17.5 Å². The van der Waals surface area contributed by atoms with E-state index < -0.39 is 0 Å². The molecule has 1 aliphatic rings. The number of rotatable bonds is 4. The molecule has 1 fully saturated rings. The van der Waals surface area contributed by atoms with Crippen LogP contribution >= 0.6 is 11.6 Å². The summed E-state index contributed by atoms with van der Waals surface area (Å²) in [6, 6.07) is 10.9. The lowest BCUT2D eigenvalue weighted by atomic mass is 10.1. The molecule has 9 heteroatoms. The van der Waals surface area contributed by atoms with E-state index >= 15 is 0 Å². The van der Waals surface area contributed by atoms with Gasteiger partial charge in [-0.2, -0.15) is 20.0 Å². The van der Waals surface area contributed by atoms with Gasteiger partial charge in [0.2, 0.25) is 0 Å². The van der Waals surface area contributed by atoms with Crippen molar-refractivity contribution in [3.05, 3.63) is 76.3 Å². The second kappa shape index (κ2) is 8.20. The number of aromatic nitrogens is 5. The Morgan fingerprint density at radius 3 is 2.75 bits per heavy atom. The van der Waals surface area contributed by atoms with Crippen LogP contribution in [0.15, 0.2) is 53.3 Å². The molecular formula is C23H21ClN6O2. The number of amides is 1. The molecule has 0 aliphatic carbocycles. The maximum absolute atomic E-state index is 13.6. The van der Waals surface area contributed by atoms with Gasteiger partial charge in [-0.05, 0) is 56.5 Å². The summed E-state index contributed by atoms with van der Waals surface area (Å²) >= 11 is 6.22. The molecule has 162 valence electrons. The second-order valence-electron chi connectivity index (χ2n) is 7.91. The minimum Gasteiger partial charge on any atom is -0.334 e. The summed E-state index contributed by atoms with van der Waals surface area (Å²) in [4.78, 5) is 21.4. The highest BCUT2D eigenvalue weighted by Gasteiger charge is 2.35. The monoisotopic (exact) mass is 448 g/mol. The van der Waals surface area contributed by atoms with Crippen molar-refractivity contribution in [1.82, 2.24) is 30.0 Å². The highest BCUT2D eigenvalue weighted by atomic mass is 35.5. The Bertz CT molecular complexity index is 1280. The number of hydrogen-bond acceptors (Lipinski definition) is 6. The zero-order valence-electron chi connectivity index (χ0n) is 17.7. The van der Waals surface area contributed by atoms with Gasteiger partial charge in [0.05, 0.1) is 29.7 Å². The molecule has 2 aromatic heterocycles. The second-order valence-corrected chi connectivity index (χ2v) is 8.35. The quantitative estimate of drug-likeness (QED) is 0.454. The molecule has 0 saturated carbocycles. The van der Waals surface area contributed by atoms with E-state index in [-0.39, 0.29) is 11.9 Å². The van der Waals surface area contributed by atoms with E-state index in [0.717, 1.165) is 29.5 Å². The normalized spacial score (nSPS) is 16.0. The molecule has 0 N–H and O–H groups in total. The molecule has 8 nitrogen and oxygen atoms in total.